The van der Waals surface area contributed by atoms with Crippen LogP contribution in [0.15, 0.2) is 70.3 Å². The van der Waals surface area contributed by atoms with Crippen molar-refractivity contribution in [1.82, 2.24) is 18.9 Å². The Labute approximate surface area is 452 Å². The molecule has 2 atom stereocenters. The molecule has 5 N–H and O–H groups in total. The normalized spacial score (nSPS) is 20.6. The molecular formula is C58H65Cl2N5O11. The second kappa shape index (κ2) is 20.3. The number of carbonyl (C=O) groups is 3. The van der Waals surface area contributed by atoms with Crippen LogP contribution in [0.25, 0.3) is 44.1 Å². The van der Waals surface area contributed by atoms with Crippen molar-refractivity contribution >= 4 is 64.4 Å². The highest BCUT2D eigenvalue weighted by molar-refractivity contribution is 5.96. The number of aliphatic hydroxyl groups is 2. The molecule has 18 heteroatoms. The van der Waals surface area contributed by atoms with Gasteiger partial charge in [0, 0.05) is 52.5 Å². The molecule has 6 aromatic rings. The Bertz CT molecular complexity index is 3500. The lowest BCUT2D eigenvalue weighted by molar-refractivity contribution is -0.172. The summed E-state index contributed by atoms with van der Waals surface area (Å²) < 4.78 is 19.6. The zero-order chi connectivity index (χ0) is 52.2. The van der Waals surface area contributed by atoms with Crippen molar-refractivity contribution in [1.29, 1.82) is 0 Å². The number of hydrogen-bond donors (Lipinski definition) is 4. The van der Waals surface area contributed by atoms with E-state index in [1.165, 1.54) is 32.4 Å². The third kappa shape index (κ3) is 8.74. The number of amides is 1. The number of phenolic OH excluding ortho intramolecular Hbond substituents is 1. The number of phenols is 1. The Balaban J connectivity index is 0.000000190. The molecule has 6 aliphatic heterocycles. The number of esters is 2. The number of fused-ring (bicyclic) bond motifs is 10. The van der Waals surface area contributed by atoms with Gasteiger partial charge in [0.1, 0.15) is 24.7 Å². The van der Waals surface area contributed by atoms with Gasteiger partial charge in [-0.15, -0.1) is 24.8 Å². The average molecular weight is 1080 g/mol. The minimum absolute atomic E-state index is 0. The van der Waals surface area contributed by atoms with Crippen molar-refractivity contribution in [2.45, 2.75) is 135 Å². The topological polar surface area (TPSA) is 216 Å². The van der Waals surface area contributed by atoms with E-state index in [2.05, 4.69) is 17.9 Å². The fourth-order valence-corrected chi connectivity index (χ4v) is 12.6. The van der Waals surface area contributed by atoms with Crippen molar-refractivity contribution in [2.75, 3.05) is 26.2 Å². The second-order valence-electron chi connectivity index (χ2n) is 21.4. The Morgan fingerprint density at radius 3 is 1.84 bits per heavy atom. The molecule has 0 aliphatic carbocycles. The van der Waals surface area contributed by atoms with Gasteiger partial charge in [-0.25, -0.2) is 14.4 Å². The van der Waals surface area contributed by atoms with Crippen molar-refractivity contribution in [3.05, 3.63) is 126 Å². The lowest BCUT2D eigenvalue weighted by Gasteiger charge is -2.39. The maximum Gasteiger partial charge on any atom is 0.415 e. The maximum absolute atomic E-state index is 13.6. The number of pyridine rings is 2. The predicted octanol–water partition coefficient (Wildman–Crippen LogP) is 8.12. The molecule has 76 heavy (non-hydrogen) atoms. The lowest BCUT2D eigenvalue weighted by atomic mass is 9.85. The second-order valence-corrected chi connectivity index (χ2v) is 21.4. The van der Waals surface area contributed by atoms with E-state index < -0.39 is 28.7 Å². The van der Waals surface area contributed by atoms with E-state index in [-0.39, 0.29) is 73.8 Å². The number of ether oxygens (including phenoxy) is 3. The number of rotatable bonds is 6. The molecule has 0 bridgehead atoms. The van der Waals surface area contributed by atoms with E-state index in [0.29, 0.717) is 77.2 Å². The van der Waals surface area contributed by atoms with Gasteiger partial charge in [0.2, 0.25) is 0 Å². The summed E-state index contributed by atoms with van der Waals surface area (Å²) in [5, 5.41) is 36.3. The molecule has 402 valence electrons. The van der Waals surface area contributed by atoms with E-state index in [4.69, 9.17) is 19.9 Å². The minimum atomic E-state index is -1.84. The molecule has 12 rings (SSSR count). The fraction of sp³-hybridized carbons (Fsp3) is 0.431. The highest BCUT2D eigenvalue weighted by Crippen LogP contribution is 2.45. The van der Waals surface area contributed by atoms with E-state index >= 15 is 0 Å². The largest absolute Gasteiger partial charge is 0.508 e. The van der Waals surface area contributed by atoms with Crippen molar-refractivity contribution in [3.8, 4) is 34.0 Å². The predicted molar refractivity (Wildman–Crippen MR) is 292 cm³/mol. The molecular weight excluding hydrogens is 1010 g/mol. The summed E-state index contributed by atoms with van der Waals surface area (Å²) in [5.41, 5.74) is 9.52. The van der Waals surface area contributed by atoms with Crippen molar-refractivity contribution in [2.24, 2.45) is 5.73 Å². The van der Waals surface area contributed by atoms with E-state index in [0.717, 1.165) is 68.6 Å². The maximum atomic E-state index is 13.6. The third-order valence-electron chi connectivity index (χ3n) is 16.7. The summed E-state index contributed by atoms with van der Waals surface area (Å²) in [4.78, 5) is 69.2. The molecule has 0 unspecified atom stereocenters. The number of aromatic hydroxyl groups is 1. The van der Waals surface area contributed by atoms with Crippen LogP contribution in [0.2, 0.25) is 0 Å². The number of halogens is 2. The summed E-state index contributed by atoms with van der Waals surface area (Å²) >= 11 is 0. The van der Waals surface area contributed by atoms with Gasteiger partial charge in [-0.05, 0) is 159 Å². The smallest absolute Gasteiger partial charge is 0.415 e. The molecule has 0 radical (unpaired) electrons. The van der Waals surface area contributed by atoms with Gasteiger partial charge >= 0.3 is 18.0 Å². The first kappa shape index (κ1) is 54.5. The first-order valence-corrected chi connectivity index (χ1v) is 26.1. The SMILES string of the molecule is CC[C@@]1(O)C(=O)OCc2c1cc1n(c2=O)Cc2cc3c(C(C)(C)N)c(O)ccc3cc2-1.CCc1c2c(cc3ccc(OC(=O)N4CCC(N5CCCCC5)CC4)cc13)-c1cc3c(c(=O)n1C2)COC(=O)[C@]3(O)CC.Cl.Cl. The summed E-state index contributed by atoms with van der Waals surface area (Å²) in [6, 6.07) is 19.2. The highest BCUT2D eigenvalue weighted by Gasteiger charge is 2.47. The van der Waals surface area contributed by atoms with Gasteiger partial charge in [-0.2, -0.15) is 0 Å². The number of piperidine rings is 2. The number of carbonyl (C=O) groups excluding carboxylic acids is 3. The number of likely N-dealkylation sites (tertiary alicyclic amines) is 2. The van der Waals surface area contributed by atoms with Gasteiger partial charge in [0.15, 0.2) is 11.2 Å². The first-order chi connectivity index (χ1) is 35.4. The third-order valence-corrected chi connectivity index (χ3v) is 16.7. The summed E-state index contributed by atoms with van der Waals surface area (Å²) in [7, 11) is 0. The molecule has 8 heterocycles. The molecule has 0 saturated carbocycles. The van der Waals surface area contributed by atoms with Gasteiger partial charge in [0.05, 0.1) is 35.6 Å². The standard InChI is InChI=1S/C34H39N3O6.C24H24N2O5.2ClH/c1-3-24-25-17-23(43-33(40)36-14-10-22(11-15-36)35-12-6-5-7-13-35)9-8-21(25)16-26-27(24)19-37-30(26)18-29-28(31(37)38)20-42-32(39)34(29,41)4-2;1-4-24(30)17-9-18-14-7-12-5-6-19(27)20(23(2,3)25)15(12)8-13(14)10-26(18)21(28)16(17)11-31-22(24)29;;/h8-9,16-18,22,41H,3-7,10-15,19-20H2,1-2H3;5-9,27,30H,4,10-11,25H2,1-3H3;2*1H/t34-;24-;;/m00../s1. The van der Waals surface area contributed by atoms with Crippen LogP contribution < -0.4 is 21.6 Å². The van der Waals surface area contributed by atoms with E-state index in [1.54, 1.807) is 41.2 Å². The van der Waals surface area contributed by atoms with Crippen LogP contribution >= 0.6 is 24.8 Å². The quantitative estimate of drug-likeness (QED) is 0.116. The molecule has 2 aromatic heterocycles. The van der Waals surface area contributed by atoms with Crippen LogP contribution in [0.3, 0.4) is 0 Å². The van der Waals surface area contributed by atoms with Gasteiger partial charge in [-0.3, -0.25) is 9.59 Å². The van der Waals surface area contributed by atoms with Crippen LogP contribution in [0.4, 0.5) is 4.79 Å². The Kier molecular flexibility index (Phi) is 14.5. The summed E-state index contributed by atoms with van der Waals surface area (Å²) in [6.07, 6.45) is 6.49. The Hall–Kier alpha value is -6.27. The van der Waals surface area contributed by atoms with E-state index in [9.17, 15) is 39.3 Å². The van der Waals surface area contributed by atoms with Crippen LogP contribution in [0.5, 0.6) is 11.5 Å². The van der Waals surface area contributed by atoms with Crippen LogP contribution in [0, 0.1) is 0 Å². The molecule has 0 spiro atoms. The molecule has 4 aromatic carbocycles. The average Bonchev–Trinajstić information content (AvgIpc) is 4.02. The first-order valence-electron chi connectivity index (χ1n) is 26.1. The molecule has 1 amide bonds. The summed E-state index contributed by atoms with van der Waals surface area (Å²) in [5.74, 6) is -0.802. The zero-order valence-corrected chi connectivity index (χ0v) is 45.1. The number of benzene rings is 4. The van der Waals surface area contributed by atoms with Crippen molar-refractivity contribution < 1.29 is 43.9 Å². The fourth-order valence-electron chi connectivity index (χ4n) is 12.6. The molecule has 2 saturated heterocycles. The highest BCUT2D eigenvalue weighted by atomic mass is 35.5. The van der Waals surface area contributed by atoms with Gasteiger partial charge in [0.25, 0.3) is 11.1 Å². The van der Waals surface area contributed by atoms with Gasteiger partial charge in [-0.1, -0.05) is 39.3 Å². The number of aryl methyl sites for hydroxylation is 1. The lowest BCUT2D eigenvalue weighted by Crippen LogP contribution is -2.48. The monoisotopic (exact) mass is 1080 g/mol. The molecule has 6 aliphatic rings. The Morgan fingerprint density at radius 2 is 1.26 bits per heavy atom. The molecule has 2 fully saturated rings. The zero-order valence-electron chi connectivity index (χ0n) is 43.5. The summed E-state index contributed by atoms with van der Waals surface area (Å²) in [6.45, 7) is 13.4. The molecule has 16 nitrogen and oxygen atoms in total. The number of nitrogens with two attached hydrogens (primary N) is 1. The van der Waals surface area contributed by atoms with E-state index in [1.807, 2.05) is 55.1 Å². The minimum Gasteiger partial charge on any atom is -0.508 e. The van der Waals surface area contributed by atoms with Crippen molar-refractivity contribution in [3.63, 3.8) is 0 Å². The van der Waals surface area contributed by atoms with Crippen LogP contribution in [0.1, 0.15) is 124 Å². The van der Waals surface area contributed by atoms with Gasteiger partial charge < -0.3 is 54.2 Å². The van der Waals surface area contributed by atoms with Crippen LogP contribution in [-0.4, -0.2) is 84.5 Å². The number of aromatic nitrogens is 2. The number of cyclic esters (lactones) is 2. The van der Waals surface area contributed by atoms with Crippen LogP contribution in [-0.2, 0) is 68.5 Å². The number of nitrogens with zero attached hydrogens (tertiary/aromatic N) is 4. The number of hydrogen-bond acceptors (Lipinski definition) is 13. The Morgan fingerprint density at radius 1 is 0.711 bits per heavy atom.